The average molecular weight is 431 g/mol. The van der Waals surface area contributed by atoms with Crippen LogP contribution in [0.3, 0.4) is 0 Å². The fourth-order valence-corrected chi connectivity index (χ4v) is 3.41. The molecule has 0 radical (unpaired) electrons. The first kappa shape index (κ1) is 22.7. The van der Waals surface area contributed by atoms with E-state index < -0.39 is 5.97 Å². The van der Waals surface area contributed by atoms with Crippen molar-refractivity contribution in [2.75, 3.05) is 14.2 Å². The molecule has 0 aliphatic rings. The maximum atomic E-state index is 12.2. The summed E-state index contributed by atoms with van der Waals surface area (Å²) in [5.74, 6) is -0.588. The van der Waals surface area contributed by atoms with Crippen LogP contribution in [-0.2, 0) is 25.8 Å². The van der Waals surface area contributed by atoms with Crippen molar-refractivity contribution in [3.05, 3.63) is 95.1 Å². The van der Waals surface area contributed by atoms with Crippen molar-refractivity contribution in [2.24, 2.45) is 10.3 Å². The van der Waals surface area contributed by atoms with E-state index in [2.05, 4.69) is 28.5 Å². The number of hydrogen-bond acceptors (Lipinski definition) is 6. The Kier molecular flexibility index (Phi) is 7.75. The molecule has 0 aliphatic carbocycles. The maximum Gasteiger partial charge on any atom is 0.360 e. The molecule has 0 aliphatic heterocycles. The van der Waals surface area contributed by atoms with Crippen molar-refractivity contribution in [1.29, 1.82) is 0 Å². The van der Waals surface area contributed by atoms with Gasteiger partial charge in [-0.2, -0.15) is 0 Å². The summed E-state index contributed by atoms with van der Waals surface area (Å²) in [5, 5.41) is 8.21. The summed E-state index contributed by atoms with van der Waals surface area (Å²) in [6.07, 6.45) is 0. The van der Waals surface area contributed by atoms with Gasteiger partial charge in [0.15, 0.2) is 5.71 Å². The second-order valence-corrected chi connectivity index (χ2v) is 7.08. The molecule has 0 bridgehead atoms. The maximum absolute atomic E-state index is 12.2. The third kappa shape index (κ3) is 5.21. The molecule has 0 N–H and O–H groups in total. The Bertz CT molecular complexity index is 1140. The minimum absolute atomic E-state index is 0.0763. The summed E-state index contributed by atoms with van der Waals surface area (Å²) in [7, 11) is 2.68. The molecule has 0 spiro atoms. The lowest BCUT2D eigenvalue weighted by atomic mass is 9.97. The number of aryl methyl sites for hydroxylation is 1. The van der Waals surface area contributed by atoms with Crippen molar-refractivity contribution in [3.8, 4) is 11.1 Å². The molecular formula is C26H26N2O4. The second kappa shape index (κ2) is 10.9. The predicted molar refractivity (Wildman–Crippen MR) is 126 cm³/mol. The first-order valence-corrected chi connectivity index (χ1v) is 10.2. The molecule has 0 aromatic heterocycles. The molecular weight excluding hydrogens is 404 g/mol. The van der Waals surface area contributed by atoms with Crippen LogP contribution in [0.15, 0.2) is 83.1 Å². The van der Waals surface area contributed by atoms with E-state index in [0.717, 1.165) is 33.5 Å². The van der Waals surface area contributed by atoms with Crippen molar-refractivity contribution >= 4 is 17.4 Å². The van der Waals surface area contributed by atoms with Crippen LogP contribution in [0.1, 0.15) is 29.2 Å². The van der Waals surface area contributed by atoms with Gasteiger partial charge in [0.1, 0.15) is 13.7 Å². The van der Waals surface area contributed by atoms with Crippen LogP contribution < -0.4 is 0 Å². The summed E-state index contributed by atoms with van der Waals surface area (Å²) < 4.78 is 4.85. The van der Waals surface area contributed by atoms with Crippen molar-refractivity contribution in [1.82, 2.24) is 0 Å². The van der Waals surface area contributed by atoms with E-state index in [-0.39, 0.29) is 12.3 Å². The summed E-state index contributed by atoms with van der Waals surface area (Å²) >= 11 is 0. The van der Waals surface area contributed by atoms with Gasteiger partial charge in [-0.25, -0.2) is 4.79 Å². The molecule has 3 aromatic carbocycles. The van der Waals surface area contributed by atoms with Gasteiger partial charge in [-0.3, -0.25) is 0 Å². The van der Waals surface area contributed by atoms with Gasteiger partial charge in [-0.05, 0) is 30.5 Å². The molecule has 164 valence electrons. The highest BCUT2D eigenvalue weighted by molar-refractivity contribution is 6.43. The monoisotopic (exact) mass is 430 g/mol. The van der Waals surface area contributed by atoms with E-state index >= 15 is 0 Å². The van der Waals surface area contributed by atoms with Crippen LogP contribution in [0.4, 0.5) is 0 Å². The highest BCUT2D eigenvalue weighted by Gasteiger charge is 2.20. The van der Waals surface area contributed by atoms with Crippen LogP contribution in [0.25, 0.3) is 11.1 Å². The Morgan fingerprint density at radius 2 is 1.53 bits per heavy atom. The summed E-state index contributed by atoms with van der Waals surface area (Å²) in [6, 6.07) is 23.8. The minimum atomic E-state index is -0.588. The van der Waals surface area contributed by atoms with Gasteiger partial charge in [0.05, 0.1) is 12.8 Å². The van der Waals surface area contributed by atoms with E-state index in [9.17, 15) is 4.79 Å². The number of nitrogens with zero attached hydrogens (tertiary/aromatic N) is 2. The van der Waals surface area contributed by atoms with Gasteiger partial charge in [0.25, 0.3) is 0 Å². The number of methoxy groups -OCH3 is 1. The Balaban J connectivity index is 1.88. The van der Waals surface area contributed by atoms with Gasteiger partial charge >= 0.3 is 5.97 Å². The van der Waals surface area contributed by atoms with E-state index in [1.54, 1.807) is 6.07 Å². The zero-order chi connectivity index (χ0) is 22.9. The number of benzene rings is 3. The molecule has 0 amide bonds. The lowest BCUT2D eigenvalue weighted by molar-refractivity contribution is -0.132. The first-order chi connectivity index (χ1) is 15.6. The zero-order valence-electron chi connectivity index (χ0n) is 18.7. The molecule has 0 atom stereocenters. The highest BCUT2D eigenvalue weighted by Crippen LogP contribution is 2.24. The summed E-state index contributed by atoms with van der Waals surface area (Å²) in [5.41, 5.74) is 6.29. The molecule has 0 unspecified atom stereocenters. The Morgan fingerprint density at radius 3 is 2.25 bits per heavy atom. The molecule has 6 heteroatoms. The quantitative estimate of drug-likeness (QED) is 0.282. The van der Waals surface area contributed by atoms with E-state index in [1.807, 2.05) is 62.4 Å². The number of rotatable bonds is 8. The standard InChI is InChI=1S/C26H26N2O4/c1-18-11-10-16-23(25(28-31-4)26(29)30-3)24(18)17-32-27-19(2)21-14-8-9-15-22(21)20-12-6-5-7-13-20/h5-16H,17H2,1-4H3/b27-19+,28-25+. The fraction of sp³-hybridized carbons (Fsp3) is 0.192. The first-order valence-electron chi connectivity index (χ1n) is 10.2. The van der Waals surface area contributed by atoms with Gasteiger partial charge < -0.3 is 14.4 Å². The van der Waals surface area contributed by atoms with Crippen LogP contribution in [0, 0.1) is 6.92 Å². The van der Waals surface area contributed by atoms with Crippen molar-refractivity contribution in [2.45, 2.75) is 20.5 Å². The summed E-state index contributed by atoms with van der Waals surface area (Å²) in [6.45, 7) is 4.00. The average Bonchev–Trinajstić information content (AvgIpc) is 2.83. The van der Waals surface area contributed by atoms with Gasteiger partial charge in [-0.1, -0.05) is 83.1 Å². The van der Waals surface area contributed by atoms with Crippen molar-refractivity contribution in [3.63, 3.8) is 0 Å². The third-order valence-electron chi connectivity index (χ3n) is 5.04. The lowest BCUT2D eigenvalue weighted by Crippen LogP contribution is -2.20. The fourth-order valence-electron chi connectivity index (χ4n) is 3.41. The summed E-state index contributed by atoms with van der Waals surface area (Å²) in [4.78, 5) is 22.8. The Morgan fingerprint density at radius 1 is 0.844 bits per heavy atom. The molecule has 0 saturated heterocycles. The number of carbonyl (C=O) groups excluding carboxylic acids is 1. The number of oxime groups is 2. The zero-order valence-corrected chi connectivity index (χ0v) is 18.7. The second-order valence-electron chi connectivity index (χ2n) is 7.08. The van der Waals surface area contributed by atoms with Crippen LogP contribution >= 0.6 is 0 Å². The van der Waals surface area contributed by atoms with E-state index in [0.29, 0.717) is 5.56 Å². The number of carbonyl (C=O) groups is 1. The normalized spacial score (nSPS) is 11.8. The van der Waals surface area contributed by atoms with Crippen LogP contribution in [-0.4, -0.2) is 31.6 Å². The van der Waals surface area contributed by atoms with Crippen LogP contribution in [0.2, 0.25) is 0 Å². The molecule has 3 rings (SSSR count). The minimum Gasteiger partial charge on any atom is -0.464 e. The number of ether oxygens (including phenoxy) is 1. The van der Waals surface area contributed by atoms with Crippen LogP contribution in [0.5, 0.6) is 0 Å². The SMILES string of the molecule is CO/N=C(/C(=O)OC)c1cccc(C)c1CO/N=C(\C)c1ccccc1-c1ccccc1. The molecule has 32 heavy (non-hydrogen) atoms. The number of hydrogen-bond donors (Lipinski definition) is 0. The largest absolute Gasteiger partial charge is 0.464 e. The Hall–Kier alpha value is -3.93. The van der Waals surface area contributed by atoms with Gasteiger partial charge in [0, 0.05) is 16.7 Å². The Labute approximate surface area is 188 Å². The molecule has 6 nitrogen and oxygen atoms in total. The number of esters is 1. The molecule has 0 saturated carbocycles. The molecule has 0 heterocycles. The van der Waals surface area contributed by atoms with Gasteiger partial charge in [0.2, 0.25) is 0 Å². The predicted octanol–water partition coefficient (Wildman–Crippen LogP) is 5.13. The van der Waals surface area contributed by atoms with Crippen molar-refractivity contribution < 1.29 is 19.2 Å². The van der Waals surface area contributed by atoms with E-state index in [1.165, 1.54) is 14.2 Å². The third-order valence-corrected chi connectivity index (χ3v) is 5.04. The molecule has 3 aromatic rings. The topological polar surface area (TPSA) is 69.5 Å². The molecule has 0 fully saturated rings. The van der Waals surface area contributed by atoms with Gasteiger partial charge in [-0.15, -0.1) is 0 Å². The lowest BCUT2D eigenvalue weighted by Gasteiger charge is -2.13. The van der Waals surface area contributed by atoms with E-state index in [4.69, 9.17) is 14.4 Å². The highest BCUT2D eigenvalue weighted by atomic mass is 16.6. The smallest absolute Gasteiger partial charge is 0.360 e.